The van der Waals surface area contributed by atoms with Crippen molar-refractivity contribution in [2.75, 3.05) is 20.3 Å². The average Bonchev–Trinajstić information content (AvgIpc) is 2.82. The van der Waals surface area contributed by atoms with Crippen molar-refractivity contribution in [3.8, 4) is 5.75 Å². The highest BCUT2D eigenvalue weighted by molar-refractivity contribution is 7.07. The van der Waals surface area contributed by atoms with Gasteiger partial charge in [0.1, 0.15) is 5.75 Å². The molecular formula is C16H22N2O2S. The van der Waals surface area contributed by atoms with E-state index in [-0.39, 0.29) is 6.04 Å². The van der Waals surface area contributed by atoms with Crippen LogP contribution in [0, 0.1) is 6.92 Å². The van der Waals surface area contributed by atoms with E-state index in [4.69, 9.17) is 14.5 Å². The number of rotatable bonds is 6. The first-order valence-electron chi connectivity index (χ1n) is 7.08. The fraction of sp³-hybridized carbons (Fsp3) is 0.438. The van der Waals surface area contributed by atoms with Gasteiger partial charge in [0, 0.05) is 18.2 Å². The van der Waals surface area contributed by atoms with Crippen LogP contribution in [0.25, 0.3) is 0 Å². The van der Waals surface area contributed by atoms with E-state index < -0.39 is 0 Å². The fourth-order valence-corrected chi connectivity index (χ4v) is 3.21. The van der Waals surface area contributed by atoms with E-state index in [9.17, 15) is 0 Å². The molecule has 1 aromatic carbocycles. The molecule has 1 atom stereocenters. The van der Waals surface area contributed by atoms with Crippen molar-refractivity contribution in [3.05, 3.63) is 40.1 Å². The van der Waals surface area contributed by atoms with Crippen LogP contribution in [0.1, 0.15) is 25.6 Å². The second-order valence-corrected chi connectivity index (χ2v) is 5.71. The zero-order valence-electron chi connectivity index (χ0n) is 13.0. The number of nitrogens with zero attached hydrogens (tertiary/aromatic N) is 2. The minimum Gasteiger partial charge on any atom is -0.494 e. The van der Waals surface area contributed by atoms with Gasteiger partial charge in [0.05, 0.1) is 24.9 Å². The molecule has 0 aliphatic carbocycles. The van der Waals surface area contributed by atoms with Gasteiger partial charge in [-0.15, -0.1) is 11.3 Å². The van der Waals surface area contributed by atoms with Gasteiger partial charge in [0.2, 0.25) is 0 Å². The molecular weight excluding hydrogens is 284 g/mol. The molecule has 0 radical (unpaired) electrons. The predicted molar refractivity (Wildman–Crippen MR) is 86.5 cm³/mol. The molecule has 4 nitrogen and oxygen atoms in total. The Hall–Kier alpha value is -1.59. The largest absolute Gasteiger partial charge is 0.494 e. The van der Waals surface area contributed by atoms with Gasteiger partial charge in [-0.1, -0.05) is 0 Å². The number of thiazole rings is 1. The van der Waals surface area contributed by atoms with E-state index in [0.717, 1.165) is 16.2 Å². The maximum Gasteiger partial charge on any atom is 0.190 e. The van der Waals surface area contributed by atoms with Crippen LogP contribution in [-0.2, 0) is 4.74 Å². The second kappa shape index (κ2) is 7.43. The summed E-state index contributed by atoms with van der Waals surface area (Å²) in [6, 6.07) is 8.12. The number of aryl methyl sites for hydroxylation is 1. The molecule has 1 unspecified atom stereocenters. The molecule has 1 aromatic heterocycles. The highest BCUT2D eigenvalue weighted by Gasteiger charge is 2.09. The first kappa shape index (κ1) is 15.8. The van der Waals surface area contributed by atoms with Crippen molar-refractivity contribution in [3.63, 3.8) is 0 Å². The molecule has 0 fully saturated rings. The van der Waals surface area contributed by atoms with Crippen molar-refractivity contribution in [2.24, 2.45) is 4.99 Å². The molecule has 5 heteroatoms. The minimum atomic E-state index is 0.266. The quantitative estimate of drug-likeness (QED) is 0.816. The van der Waals surface area contributed by atoms with Crippen LogP contribution in [0.4, 0.5) is 5.69 Å². The summed E-state index contributed by atoms with van der Waals surface area (Å²) in [6.07, 6.45) is 0. The van der Waals surface area contributed by atoms with Gasteiger partial charge in [0.15, 0.2) is 4.80 Å². The molecule has 0 aliphatic rings. The zero-order valence-corrected chi connectivity index (χ0v) is 13.8. The van der Waals surface area contributed by atoms with Crippen LogP contribution in [0.15, 0.2) is 34.6 Å². The van der Waals surface area contributed by atoms with Gasteiger partial charge in [-0.05, 0) is 45.0 Å². The van der Waals surface area contributed by atoms with Crippen LogP contribution in [-0.4, -0.2) is 24.9 Å². The molecule has 114 valence electrons. The Morgan fingerprint density at radius 1 is 1.29 bits per heavy atom. The minimum absolute atomic E-state index is 0.266. The van der Waals surface area contributed by atoms with Gasteiger partial charge >= 0.3 is 0 Å². The maximum absolute atomic E-state index is 5.45. The predicted octanol–water partition coefficient (Wildman–Crippen LogP) is 3.70. The van der Waals surface area contributed by atoms with Crippen LogP contribution < -0.4 is 9.54 Å². The van der Waals surface area contributed by atoms with E-state index >= 15 is 0 Å². The molecule has 0 aliphatic heterocycles. The summed E-state index contributed by atoms with van der Waals surface area (Å²) in [6.45, 7) is 7.57. The molecule has 0 N–H and O–H groups in total. The summed E-state index contributed by atoms with van der Waals surface area (Å²) in [5.41, 5.74) is 2.13. The van der Waals surface area contributed by atoms with Crippen molar-refractivity contribution >= 4 is 17.0 Å². The number of hydrogen-bond acceptors (Lipinski definition) is 4. The lowest BCUT2D eigenvalue weighted by Crippen LogP contribution is -2.23. The molecule has 1 heterocycles. The van der Waals surface area contributed by atoms with Crippen LogP contribution in [0.5, 0.6) is 5.75 Å². The zero-order chi connectivity index (χ0) is 15.2. The second-order valence-electron chi connectivity index (χ2n) is 4.87. The van der Waals surface area contributed by atoms with Crippen molar-refractivity contribution in [1.29, 1.82) is 0 Å². The normalized spacial score (nSPS) is 13.4. The topological polar surface area (TPSA) is 35.8 Å². The Balaban J connectivity index is 2.32. The van der Waals surface area contributed by atoms with Crippen molar-refractivity contribution in [2.45, 2.75) is 26.8 Å². The standard InChI is InChI=1S/C16H22N2O2S/c1-5-20-15-8-6-14(7-9-15)17-16-18(12(2)10-19-4)13(3)11-21-16/h6-9,11-12H,5,10H2,1-4H3. The molecule has 2 aromatic rings. The number of benzene rings is 1. The molecule has 0 amide bonds. The third kappa shape index (κ3) is 3.95. The van der Waals surface area contributed by atoms with E-state index in [1.165, 1.54) is 5.69 Å². The summed E-state index contributed by atoms with van der Waals surface area (Å²) < 4.78 is 12.9. The first-order chi connectivity index (χ1) is 10.2. The average molecular weight is 306 g/mol. The van der Waals surface area contributed by atoms with Gasteiger partial charge in [-0.25, -0.2) is 4.99 Å². The van der Waals surface area contributed by atoms with Crippen molar-refractivity contribution in [1.82, 2.24) is 4.57 Å². The fourth-order valence-electron chi connectivity index (χ4n) is 2.23. The molecule has 21 heavy (non-hydrogen) atoms. The van der Waals surface area contributed by atoms with Crippen LogP contribution >= 0.6 is 11.3 Å². The smallest absolute Gasteiger partial charge is 0.190 e. The van der Waals surface area contributed by atoms with E-state index in [0.29, 0.717) is 13.2 Å². The molecule has 0 spiro atoms. The monoisotopic (exact) mass is 306 g/mol. The van der Waals surface area contributed by atoms with Crippen LogP contribution in [0.3, 0.4) is 0 Å². The summed E-state index contributed by atoms with van der Waals surface area (Å²) in [4.78, 5) is 5.72. The van der Waals surface area contributed by atoms with E-state index in [2.05, 4.69) is 23.8 Å². The van der Waals surface area contributed by atoms with Gasteiger partial charge < -0.3 is 14.0 Å². The summed E-state index contributed by atoms with van der Waals surface area (Å²) in [5, 5.41) is 2.12. The molecule has 0 saturated carbocycles. The molecule has 0 saturated heterocycles. The lowest BCUT2D eigenvalue weighted by Gasteiger charge is -2.14. The Labute approximate surface area is 129 Å². The van der Waals surface area contributed by atoms with Gasteiger partial charge in [-0.3, -0.25) is 0 Å². The first-order valence-corrected chi connectivity index (χ1v) is 7.96. The Morgan fingerprint density at radius 3 is 2.62 bits per heavy atom. The number of methoxy groups -OCH3 is 1. The maximum atomic E-state index is 5.45. The summed E-state index contributed by atoms with van der Waals surface area (Å²) in [5.74, 6) is 0.874. The number of aromatic nitrogens is 1. The van der Waals surface area contributed by atoms with Crippen LogP contribution in [0.2, 0.25) is 0 Å². The Kier molecular flexibility index (Phi) is 5.59. The third-order valence-corrected chi connectivity index (χ3v) is 4.10. The van der Waals surface area contributed by atoms with E-state index in [1.807, 2.05) is 31.2 Å². The Bertz CT molecular complexity index is 628. The third-order valence-electron chi connectivity index (χ3n) is 3.14. The summed E-state index contributed by atoms with van der Waals surface area (Å²) in [7, 11) is 1.72. The SMILES string of the molecule is CCOc1ccc(N=c2scc(C)n2C(C)COC)cc1. The lowest BCUT2D eigenvalue weighted by molar-refractivity contribution is 0.160. The van der Waals surface area contributed by atoms with Gasteiger partial charge in [-0.2, -0.15) is 0 Å². The molecule has 2 rings (SSSR count). The van der Waals surface area contributed by atoms with Gasteiger partial charge in [0.25, 0.3) is 0 Å². The highest BCUT2D eigenvalue weighted by atomic mass is 32.1. The lowest BCUT2D eigenvalue weighted by atomic mass is 10.3. The highest BCUT2D eigenvalue weighted by Crippen LogP contribution is 2.18. The van der Waals surface area contributed by atoms with Crippen molar-refractivity contribution < 1.29 is 9.47 Å². The molecule has 0 bridgehead atoms. The Morgan fingerprint density at radius 2 is 2.00 bits per heavy atom. The van der Waals surface area contributed by atoms with E-state index in [1.54, 1.807) is 18.4 Å². The summed E-state index contributed by atoms with van der Waals surface area (Å²) >= 11 is 1.65. The number of hydrogen-bond donors (Lipinski definition) is 0. The number of ether oxygens (including phenoxy) is 2.